The van der Waals surface area contributed by atoms with Gasteiger partial charge in [0.2, 0.25) is 0 Å². The van der Waals surface area contributed by atoms with Gasteiger partial charge in [-0.25, -0.2) is 4.98 Å². The molecule has 0 aromatic carbocycles. The zero-order valence-electron chi connectivity index (χ0n) is 13.1. The van der Waals surface area contributed by atoms with Crippen LogP contribution >= 0.6 is 0 Å². The fraction of sp³-hybridized carbons (Fsp3) is 0.533. The Morgan fingerprint density at radius 2 is 2.18 bits per heavy atom. The molecular formula is C15H22N6O. The molecule has 3 heterocycles. The SMILES string of the molecule is Cc1nn(C)c2ncc(C(=O)NCCN3CCNCC3)cc12. The number of hydrogen-bond acceptors (Lipinski definition) is 5. The van der Waals surface area contributed by atoms with Crippen LogP contribution in [0.15, 0.2) is 12.3 Å². The molecule has 1 aliphatic heterocycles. The number of aryl methyl sites for hydroxylation is 2. The maximum atomic E-state index is 12.2. The van der Waals surface area contributed by atoms with E-state index in [1.54, 1.807) is 10.9 Å². The third kappa shape index (κ3) is 3.10. The first-order valence-corrected chi connectivity index (χ1v) is 7.66. The molecular weight excluding hydrogens is 280 g/mol. The number of rotatable bonds is 4. The van der Waals surface area contributed by atoms with Gasteiger partial charge in [0.1, 0.15) is 0 Å². The standard InChI is InChI=1S/C15H22N6O/c1-11-13-9-12(10-18-14(13)20(2)19-11)15(22)17-5-8-21-6-3-16-4-7-21/h9-10,16H,3-8H2,1-2H3,(H,17,22). The third-order valence-corrected chi connectivity index (χ3v) is 4.05. The summed E-state index contributed by atoms with van der Waals surface area (Å²) in [5, 5.41) is 11.5. The van der Waals surface area contributed by atoms with Gasteiger partial charge in [-0.3, -0.25) is 14.4 Å². The van der Waals surface area contributed by atoms with Crippen molar-refractivity contribution in [1.29, 1.82) is 0 Å². The van der Waals surface area contributed by atoms with Crippen molar-refractivity contribution in [2.75, 3.05) is 39.3 Å². The number of nitrogens with one attached hydrogen (secondary N) is 2. The van der Waals surface area contributed by atoms with E-state index in [1.807, 2.05) is 20.0 Å². The van der Waals surface area contributed by atoms with Crippen molar-refractivity contribution in [3.05, 3.63) is 23.5 Å². The van der Waals surface area contributed by atoms with Crippen LogP contribution in [-0.4, -0.2) is 64.8 Å². The molecule has 2 aromatic rings. The summed E-state index contributed by atoms with van der Waals surface area (Å²) >= 11 is 0. The first-order chi connectivity index (χ1) is 10.6. The number of carbonyl (C=O) groups is 1. The Bertz CT molecular complexity index is 674. The summed E-state index contributed by atoms with van der Waals surface area (Å²) in [4.78, 5) is 18.9. The fourth-order valence-corrected chi connectivity index (χ4v) is 2.80. The van der Waals surface area contributed by atoms with Gasteiger partial charge in [-0.1, -0.05) is 0 Å². The second-order valence-corrected chi connectivity index (χ2v) is 5.65. The number of pyridine rings is 1. The summed E-state index contributed by atoms with van der Waals surface area (Å²) in [5.74, 6) is -0.0761. The van der Waals surface area contributed by atoms with Crippen LogP contribution in [-0.2, 0) is 7.05 Å². The van der Waals surface area contributed by atoms with Crippen molar-refractivity contribution in [1.82, 2.24) is 30.3 Å². The molecule has 0 saturated carbocycles. The van der Waals surface area contributed by atoms with E-state index in [1.165, 1.54) is 0 Å². The molecule has 3 rings (SSSR count). The molecule has 1 saturated heterocycles. The molecule has 0 radical (unpaired) electrons. The molecule has 0 unspecified atom stereocenters. The van der Waals surface area contributed by atoms with Gasteiger partial charge in [0.15, 0.2) is 5.65 Å². The summed E-state index contributed by atoms with van der Waals surface area (Å²) in [6.07, 6.45) is 1.61. The lowest BCUT2D eigenvalue weighted by Crippen LogP contribution is -2.46. The maximum Gasteiger partial charge on any atom is 0.252 e. The minimum Gasteiger partial charge on any atom is -0.351 e. The molecule has 1 fully saturated rings. The third-order valence-electron chi connectivity index (χ3n) is 4.05. The van der Waals surface area contributed by atoms with Crippen LogP contribution in [0.25, 0.3) is 11.0 Å². The molecule has 0 aliphatic carbocycles. The number of amides is 1. The minimum absolute atomic E-state index is 0.0761. The molecule has 1 amide bonds. The molecule has 2 N–H and O–H groups in total. The Morgan fingerprint density at radius 3 is 2.95 bits per heavy atom. The first kappa shape index (κ1) is 14.9. The van der Waals surface area contributed by atoms with E-state index in [-0.39, 0.29) is 5.91 Å². The average Bonchev–Trinajstić information content (AvgIpc) is 2.82. The zero-order chi connectivity index (χ0) is 15.5. The molecule has 1 aliphatic rings. The highest BCUT2D eigenvalue weighted by molar-refractivity contribution is 5.97. The largest absolute Gasteiger partial charge is 0.351 e. The van der Waals surface area contributed by atoms with Crippen LogP contribution in [0.3, 0.4) is 0 Å². The number of nitrogens with zero attached hydrogens (tertiary/aromatic N) is 4. The topological polar surface area (TPSA) is 75.1 Å². The van der Waals surface area contributed by atoms with E-state index < -0.39 is 0 Å². The molecule has 118 valence electrons. The Kier molecular flexibility index (Phi) is 4.35. The van der Waals surface area contributed by atoms with Gasteiger partial charge in [0, 0.05) is 57.9 Å². The van der Waals surface area contributed by atoms with Crippen molar-refractivity contribution >= 4 is 16.9 Å². The molecule has 0 atom stereocenters. The normalized spacial score (nSPS) is 16.1. The predicted molar refractivity (Wildman–Crippen MR) is 84.9 cm³/mol. The highest BCUT2D eigenvalue weighted by atomic mass is 16.1. The van der Waals surface area contributed by atoms with E-state index >= 15 is 0 Å². The summed E-state index contributed by atoms with van der Waals surface area (Å²) in [6, 6.07) is 1.87. The van der Waals surface area contributed by atoms with E-state index in [9.17, 15) is 4.79 Å². The van der Waals surface area contributed by atoms with Gasteiger partial charge in [-0.2, -0.15) is 5.10 Å². The second-order valence-electron chi connectivity index (χ2n) is 5.65. The number of fused-ring (bicyclic) bond motifs is 1. The van der Waals surface area contributed by atoms with E-state index in [4.69, 9.17) is 0 Å². The smallest absolute Gasteiger partial charge is 0.252 e. The van der Waals surface area contributed by atoms with Gasteiger partial charge < -0.3 is 10.6 Å². The van der Waals surface area contributed by atoms with Crippen LogP contribution in [0.4, 0.5) is 0 Å². The lowest BCUT2D eigenvalue weighted by atomic mass is 10.2. The van der Waals surface area contributed by atoms with Crippen LogP contribution in [0.1, 0.15) is 16.1 Å². The van der Waals surface area contributed by atoms with Crippen LogP contribution < -0.4 is 10.6 Å². The van der Waals surface area contributed by atoms with E-state index in [2.05, 4.69) is 25.6 Å². The van der Waals surface area contributed by atoms with Gasteiger partial charge in [-0.15, -0.1) is 0 Å². The maximum absolute atomic E-state index is 12.2. The minimum atomic E-state index is -0.0761. The molecule has 2 aromatic heterocycles. The van der Waals surface area contributed by atoms with Crippen molar-refractivity contribution in [3.8, 4) is 0 Å². The second kappa shape index (κ2) is 6.41. The molecule has 0 bridgehead atoms. The van der Waals surface area contributed by atoms with Crippen molar-refractivity contribution in [2.45, 2.75) is 6.92 Å². The Morgan fingerprint density at radius 1 is 1.41 bits per heavy atom. The Hall–Kier alpha value is -1.99. The monoisotopic (exact) mass is 302 g/mol. The number of hydrogen-bond donors (Lipinski definition) is 2. The number of aromatic nitrogens is 3. The zero-order valence-corrected chi connectivity index (χ0v) is 13.1. The molecule has 7 nitrogen and oxygen atoms in total. The van der Waals surface area contributed by atoms with Gasteiger partial charge in [0.25, 0.3) is 5.91 Å². The van der Waals surface area contributed by atoms with E-state index in [0.717, 1.165) is 49.5 Å². The van der Waals surface area contributed by atoms with Gasteiger partial charge in [0.05, 0.1) is 11.3 Å². The van der Waals surface area contributed by atoms with Crippen molar-refractivity contribution < 1.29 is 4.79 Å². The lowest BCUT2D eigenvalue weighted by molar-refractivity contribution is 0.0947. The fourth-order valence-electron chi connectivity index (χ4n) is 2.80. The summed E-state index contributed by atoms with van der Waals surface area (Å²) in [7, 11) is 1.86. The highest BCUT2D eigenvalue weighted by Crippen LogP contribution is 2.16. The van der Waals surface area contributed by atoms with Crippen LogP contribution in [0.5, 0.6) is 0 Å². The van der Waals surface area contributed by atoms with E-state index in [0.29, 0.717) is 12.1 Å². The summed E-state index contributed by atoms with van der Waals surface area (Å²) in [6.45, 7) is 7.59. The summed E-state index contributed by atoms with van der Waals surface area (Å²) in [5.41, 5.74) is 2.28. The quantitative estimate of drug-likeness (QED) is 0.826. The van der Waals surface area contributed by atoms with Gasteiger partial charge in [-0.05, 0) is 13.0 Å². The highest BCUT2D eigenvalue weighted by Gasteiger charge is 2.13. The number of carbonyl (C=O) groups excluding carboxylic acids is 1. The molecule has 7 heteroatoms. The predicted octanol–water partition coefficient (Wildman–Crippen LogP) is -0.0883. The van der Waals surface area contributed by atoms with Crippen LogP contribution in [0.2, 0.25) is 0 Å². The molecule has 0 spiro atoms. The number of piperazine rings is 1. The Balaban J connectivity index is 1.61. The summed E-state index contributed by atoms with van der Waals surface area (Å²) < 4.78 is 1.73. The first-order valence-electron chi connectivity index (χ1n) is 7.66. The average molecular weight is 302 g/mol. The van der Waals surface area contributed by atoms with Gasteiger partial charge >= 0.3 is 0 Å². The van der Waals surface area contributed by atoms with Crippen molar-refractivity contribution in [3.63, 3.8) is 0 Å². The Labute approximate surface area is 129 Å². The lowest BCUT2D eigenvalue weighted by Gasteiger charge is -2.27. The van der Waals surface area contributed by atoms with Crippen molar-refractivity contribution in [2.24, 2.45) is 7.05 Å². The van der Waals surface area contributed by atoms with Crippen LogP contribution in [0, 0.1) is 6.92 Å². The molecule has 22 heavy (non-hydrogen) atoms.